The van der Waals surface area contributed by atoms with Gasteiger partial charge in [-0.3, -0.25) is 0 Å². The van der Waals surface area contributed by atoms with Gasteiger partial charge in [0.2, 0.25) is 0 Å². The van der Waals surface area contributed by atoms with E-state index in [9.17, 15) is 0 Å². The van der Waals surface area contributed by atoms with Gasteiger partial charge in [0.05, 0.1) is 0 Å². The first-order valence-corrected chi connectivity index (χ1v) is 30.5. The third-order valence-corrected chi connectivity index (χ3v) is 38.5. The fourth-order valence-corrected chi connectivity index (χ4v) is 35.1. The summed E-state index contributed by atoms with van der Waals surface area (Å²) in [5.74, 6) is 2.72. The Hall–Kier alpha value is -2.10. The zero-order valence-corrected chi connectivity index (χ0v) is 42.3. The molecule has 0 fully saturated rings. The fourth-order valence-electron chi connectivity index (χ4n) is 9.56. The summed E-state index contributed by atoms with van der Waals surface area (Å²) in [6.45, 7) is 19.3. The Morgan fingerprint density at radius 1 is 0.444 bits per heavy atom. The van der Waals surface area contributed by atoms with Crippen LogP contribution in [0, 0.1) is 23.7 Å². The van der Waals surface area contributed by atoms with E-state index in [1.807, 2.05) is 6.51 Å². The zero-order valence-electron chi connectivity index (χ0n) is 33.5. The average Bonchev–Trinajstić information content (AvgIpc) is 3.95. The molecule has 4 aromatic rings. The van der Waals surface area contributed by atoms with E-state index in [4.69, 9.17) is 0 Å². The first-order valence-electron chi connectivity index (χ1n) is 19.8. The summed E-state index contributed by atoms with van der Waals surface area (Å²) in [5, 5.41) is 0. The predicted molar refractivity (Wildman–Crippen MR) is 236 cm³/mol. The maximum absolute atomic E-state index is 2.48. The van der Waals surface area contributed by atoms with Gasteiger partial charge in [-0.15, -0.1) is 24.8 Å². The van der Waals surface area contributed by atoms with Gasteiger partial charge in [-0.1, -0.05) is 0 Å². The van der Waals surface area contributed by atoms with Gasteiger partial charge < -0.3 is 0 Å². The molecule has 0 heterocycles. The minimum Gasteiger partial charge on any atom is -0.147 e. The standard InChI is InChI=1S/2C13H9.2C7H14.2C5H5.2ClH.2Hf/c2*1-3-7-12-10(5-1)9-11-6-2-4-8-13(11)12;2*1-6(2)5-7(3)4;2*1-2-4-5-3-1;;;;/h2*1-5,7-8H,9H2;2*6-7H,1-4H3;2*1-3H,4H2;2*1H;;. The molecule has 8 rings (SSSR count). The summed E-state index contributed by atoms with van der Waals surface area (Å²) in [4.78, 5) is 0. The van der Waals surface area contributed by atoms with Crippen LogP contribution in [0.1, 0.15) is 90.5 Å². The number of fused-ring (bicyclic) bond motifs is 6. The van der Waals surface area contributed by atoms with Gasteiger partial charge in [0, 0.05) is 0 Å². The molecule has 0 spiro atoms. The number of benzene rings is 4. The molecule has 0 unspecified atom stereocenters. The van der Waals surface area contributed by atoms with Crippen molar-refractivity contribution in [2.24, 2.45) is 23.7 Å². The Kier molecular flexibility index (Phi) is 15.1. The quantitative estimate of drug-likeness (QED) is 0.133. The number of hydrogen-bond acceptors (Lipinski definition) is 0. The molecule has 0 saturated heterocycles. The molecule has 4 aliphatic rings. The van der Waals surface area contributed by atoms with Crippen LogP contribution in [0.15, 0.2) is 128 Å². The number of rotatable bonds is 8. The maximum Gasteiger partial charge on any atom is -0.147 e. The molecule has 0 aliphatic heterocycles. The molecule has 4 aliphatic carbocycles. The average molecular weight is 1090 g/mol. The molecular formula is C50H58Cl2Hf2. The third-order valence-electron chi connectivity index (χ3n) is 11.5. The molecule has 4 aromatic carbocycles. The topological polar surface area (TPSA) is 0 Å². The first-order chi connectivity index (χ1) is 25.2. The fraction of sp³-hybridized carbons (Fsp3) is 0.320. The second kappa shape index (κ2) is 18.9. The summed E-state index contributed by atoms with van der Waals surface area (Å²) in [6, 6.07) is 32.3. The second-order valence-corrected chi connectivity index (χ2v) is 34.3. The van der Waals surface area contributed by atoms with E-state index in [1.165, 1.54) is 46.2 Å². The summed E-state index contributed by atoms with van der Waals surface area (Å²) in [5.41, 5.74) is 12.2. The molecule has 0 radical (unpaired) electrons. The predicted octanol–water partition coefficient (Wildman–Crippen LogP) is 12.5. The summed E-state index contributed by atoms with van der Waals surface area (Å²) in [7, 11) is 0. The Morgan fingerprint density at radius 3 is 1.13 bits per heavy atom. The minimum atomic E-state index is -2.28. The monoisotopic (exact) mass is 1090 g/mol. The minimum absolute atomic E-state index is 0. The summed E-state index contributed by atoms with van der Waals surface area (Å²) < 4.78 is 10.8. The van der Waals surface area contributed by atoms with Crippen molar-refractivity contribution in [3.8, 4) is 22.3 Å². The molecular weight excluding hydrogens is 1030 g/mol. The molecule has 0 aromatic heterocycles. The largest absolute Gasteiger partial charge is 0.147 e. The van der Waals surface area contributed by atoms with Gasteiger partial charge >= 0.3 is 332 Å². The van der Waals surface area contributed by atoms with E-state index >= 15 is 0 Å². The van der Waals surface area contributed by atoms with Crippen LogP contribution < -0.4 is 6.64 Å². The van der Waals surface area contributed by atoms with Crippen molar-refractivity contribution in [3.05, 3.63) is 150 Å². The second-order valence-electron chi connectivity index (χ2n) is 16.3. The third kappa shape index (κ3) is 8.58. The molecule has 0 N–H and O–H groups in total. The summed E-state index contributed by atoms with van der Waals surface area (Å²) >= 11 is -4.57. The molecule has 0 nitrogen and oxygen atoms in total. The van der Waals surface area contributed by atoms with Gasteiger partial charge in [0.15, 0.2) is 0 Å². The Labute approximate surface area is 353 Å². The van der Waals surface area contributed by atoms with Crippen LogP contribution in [0.2, 0.25) is 0 Å². The number of hydrogen-bond donors (Lipinski definition) is 0. The van der Waals surface area contributed by atoms with E-state index in [0.717, 1.165) is 12.8 Å². The van der Waals surface area contributed by atoms with Crippen LogP contribution >= 0.6 is 24.8 Å². The molecule has 280 valence electrons. The van der Waals surface area contributed by atoms with Crippen molar-refractivity contribution < 1.29 is 41.9 Å². The van der Waals surface area contributed by atoms with Crippen LogP contribution in [0.4, 0.5) is 0 Å². The SMILES string of the molecule is CC(C)[C](C(C)C)=[Hf]([C]1=CC=CC1)[c]1cccc2c1Cc1ccccc1-2.CC(C)[C](C(C)C)=[Hf]([C]1=CC=CC1)[c]1cccc2c1Cc1ccccc1-2.Cl.Cl. The van der Waals surface area contributed by atoms with Crippen molar-refractivity contribution in [3.63, 3.8) is 0 Å². The molecule has 4 heteroatoms. The Balaban J connectivity index is 0.000000200. The van der Waals surface area contributed by atoms with E-state index in [1.54, 1.807) is 24.4 Å². The van der Waals surface area contributed by atoms with E-state index in [0.29, 0.717) is 23.7 Å². The zero-order chi connectivity index (χ0) is 36.5. The Morgan fingerprint density at radius 2 is 0.796 bits per heavy atom. The molecule has 54 heavy (non-hydrogen) atoms. The first kappa shape index (κ1) is 43.0. The molecule has 0 saturated carbocycles. The van der Waals surface area contributed by atoms with Gasteiger partial charge in [0.1, 0.15) is 0 Å². The van der Waals surface area contributed by atoms with Gasteiger partial charge in [0.25, 0.3) is 0 Å². The van der Waals surface area contributed by atoms with Crippen LogP contribution in [-0.2, 0) is 54.8 Å². The van der Waals surface area contributed by atoms with Gasteiger partial charge in [-0.2, -0.15) is 0 Å². The molecule has 0 amide bonds. The van der Waals surface area contributed by atoms with Crippen molar-refractivity contribution in [2.75, 3.05) is 0 Å². The van der Waals surface area contributed by atoms with E-state index in [2.05, 4.69) is 177 Å². The molecule has 0 bridgehead atoms. The Bertz CT molecular complexity index is 2030. The number of allylic oxidation sites excluding steroid dienone is 8. The van der Waals surface area contributed by atoms with Crippen molar-refractivity contribution in [2.45, 2.75) is 81.1 Å². The smallest absolute Gasteiger partial charge is 0.147 e. The van der Waals surface area contributed by atoms with Crippen molar-refractivity contribution in [1.29, 1.82) is 0 Å². The van der Waals surface area contributed by atoms with Crippen LogP contribution in [0.5, 0.6) is 0 Å². The van der Waals surface area contributed by atoms with Crippen LogP contribution in [0.25, 0.3) is 22.3 Å². The molecule has 0 atom stereocenters. The van der Waals surface area contributed by atoms with Crippen LogP contribution in [-0.4, -0.2) is 6.51 Å². The van der Waals surface area contributed by atoms with Crippen molar-refractivity contribution in [1.82, 2.24) is 0 Å². The number of halogens is 2. The van der Waals surface area contributed by atoms with Crippen LogP contribution in [0.3, 0.4) is 0 Å². The van der Waals surface area contributed by atoms with E-state index < -0.39 is 41.9 Å². The van der Waals surface area contributed by atoms with Crippen molar-refractivity contribution >= 4 is 38.0 Å². The summed E-state index contributed by atoms with van der Waals surface area (Å²) in [6.07, 6.45) is 18.8. The van der Waals surface area contributed by atoms with Gasteiger partial charge in [-0.05, 0) is 0 Å². The van der Waals surface area contributed by atoms with E-state index in [-0.39, 0.29) is 24.8 Å². The maximum atomic E-state index is 2.48. The normalized spacial score (nSPS) is 14.1. The van der Waals surface area contributed by atoms with Gasteiger partial charge in [-0.25, -0.2) is 0 Å².